The summed E-state index contributed by atoms with van der Waals surface area (Å²) in [7, 11) is 0. The van der Waals surface area contributed by atoms with Crippen molar-refractivity contribution in [2.24, 2.45) is 5.73 Å². The lowest BCUT2D eigenvalue weighted by Crippen LogP contribution is -2.10. The van der Waals surface area contributed by atoms with Crippen molar-refractivity contribution in [3.05, 3.63) is 29.6 Å². The lowest BCUT2D eigenvalue weighted by molar-refractivity contribution is 0.333. The van der Waals surface area contributed by atoms with Crippen molar-refractivity contribution < 1.29 is 9.13 Å². The second-order valence-corrected chi connectivity index (χ2v) is 2.60. The first-order valence-electron chi connectivity index (χ1n) is 3.45. The molecule has 1 aromatic rings. The van der Waals surface area contributed by atoms with E-state index in [1.54, 1.807) is 6.07 Å². The molecule has 0 radical (unpaired) electrons. The molecule has 11 heavy (non-hydrogen) atoms. The Bertz CT molecular complexity index is 287. The van der Waals surface area contributed by atoms with E-state index in [2.05, 4.69) is 0 Å². The van der Waals surface area contributed by atoms with Gasteiger partial charge in [-0.2, -0.15) is 0 Å². The molecule has 0 saturated carbocycles. The monoisotopic (exact) mass is 153 g/mol. The van der Waals surface area contributed by atoms with E-state index >= 15 is 0 Å². The Morgan fingerprint density at radius 3 is 3.18 bits per heavy atom. The van der Waals surface area contributed by atoms with E-state index in [0.717, 1.165) is 5.56 Å². The summed E-state index contributed by atoms with van der Waals surface area (Å²) in [4.78, 5) is 0. The summed E-state index contributed by atoms with van der Waals surface area (Å²) >= 11 is 0. The maximum absolute atomic E-state index is 12.6. The Hall–Kier alpha value is -1.09. The van der Waals surface area contributed by atoms with Gasteiger partial charge in [0.05, 0.1) is 6.04 Å². The summed E-state index contributed by atoms with van der Waals surface area (Å²) in [5.74, 6) is 0.448. The fraction of sp³-hybridized carbons (Fsp3) is 0.250. The van der Waals surface area contributed by atoms with Crippen LogP contribution in [0.4, 0.5) is 4.39 Å². The summed E-state index contributed by atoms with van der Waals surface area (Å²) in [5.41, 5.74) is 6.39. The van der Waals surface area contributed by atoms with Crippen LogP contribution >= 0.6 is 0 Å². The fourth-order valence-electron chi connectivity index (χ4n) is 1.21. The van der Waals surface area contributed by atoms with Gasteiger partial charge in [0.2, 0.25) is 0 Å². The van der Waals surface area contributed by atoms with Crippen molar-refractivity contribution in [2.45, 2.75) is 6.04 Å². The molecule has 0 aromatic heterocycles. The van der Waals surface area contributed by atoms with Gasteiger partial charge in [-0.3, -0.25) is 0 Å². The molecule has 1 heterocycles. The Morgan fingerprint density at radius 2 is 2.36 bits per heavy atom. The first-order chi connectivity index (χ1) is 5.27. The van der Waals surface area contributed by atoms with Gasteiger partial charge in [0.15, 0.2) is 0 Å². The zero-order chi connectivity index (χ0) is 7.84. The predicted molar refractivity (Wildman–Crippen MR) is 38.8 cm³/mol. The zero-order valence-corrected chi connectivity index (χ0v) is 5.88. The minimum atomic E-state index is -0.260. The highest BCUT2D eigenvalue weighted by Gasteiger charge is 2.20. The highest BCUT2D eigenvalue weighted by Crippen LogP contribution is 2.30. The number of hydrogen-bond acceptors (Lipinski definition) is 2. The van der Waals surface area contributed by atoms with E-state index < -0.39 is 0 Å². The van der Waals surface area contributed by atoms with Gasteiger partial charge in [-0.1, -0.05) is 0 Å². The van der Waals surface area contributed by atoms with Gasteiger partial charge < -0.3 is 10.5 Å². The average molecular weight is 153 g/mol. The second kappa shape index (κ2) is 2.20. The van der Waals surface area contributed by atoms with Crippen molar-refractivity contribution in [1.29, 1.82) is 0 Å². The van der Waals surface area contributed by atoms with E-state index in [0.29, 0.717) is 12.4 Å². The number of benzene rings is 1. The smallest absolute Gasteiger partial charge is 0.124 e. The normalized spacial score (nSPS) is 21.1. The Morgan fingerprint density at radius 1 is 1.55 bits per heavy atom. The number of ether oxygens (including phenoxy) is 1. The second-order valence-electron chi connectivity index (χ2n) is 2.60. The molecule has 3 heteroatoms. The van der Waals surface area contributed by atoms with Crippen LogP contribution in [0, 0.1) is 5.82 Å². The van der Waals surface area contributed by atoms with Gasteiger partial charge in [-0.25, -0.2) is 4.39 Å². The van der Waals surface area contributed by atoms with E-state index in [1.165, 1.54) is 12.1 Å². The van der Waals surface area contributed by atoms with Crippen molar-refractivity contribution >= 4 is 0 Å². The van der Waals surface area contributed by atoms with Gasteiger partial charge in [-0.15, -0.1) is 0 Å². The average Bonchev–Trinajstić information content (AvgIpc) is 2.33. The standard InChI is InChI=1S/C8H8FNO/c9-5-1-2-8-6(3-5)7(10)4-11-8/h1-3,7H,4,10H2/t7-/m1/s1. The van der Waals surface area contributed by atoms with E-state index in [1.807, 2.05) is 0 Å². The van der Waals surface area contributed by atoms with Crippen LogP contribution in [0.15, 0.2) is 18.2 Å². The maximum Gasteiger partial charge on any atom is 0.124 e. The largest absolute Gasteiger partial charge is 0.491 e. The number of hydrogen-bond donors (Lipinski definition) is 1. The number of fused-ring (bicyclic) bond motifs is 1. The molecule has 1 aliphatic heterocycles. The summed E-state index contributed by atoms with van der Waals surface area (Å²) in [6.07, 6.45) is 0. The molecule has 2 N–H and O–H groups in total. The zero-order valence-electron chi connectivity index (χ0n) is 5.88. The molecule has 2 nitrogen and oxygen atoms in total. The van der Waals surface area contributed by atoms with E-state index in [9.17, 15) is 4.39 Å². The van der Waals surface area contributed by atoms with Crippen molar-refractivity contribution in [3.8, 4) is 5.75 Å². The molecule has 0 bridgehead atoms. The van der Waals surface area contributed by atoms with Crippen molar-refractivity contribution in [2.75, 3.05) is 6.61 Å². The third-order valence-corrected chi connectivity index (χ3v) is 1.79. The van der Waals surface area contributed by atoms with E-state index in [-0.39, 0.29) is 11.9 Å². The molecule has 2 rings (SSSR count). The van der Waals surface area contributed by atoms with Crippen LogP contribution in [-0.4, -0.2) is 6.61 Å². The molecule has 0 amide bonds. The van der Waals surface area contributed by atoms with Crippen LogP contribution in [0.1, 0.15) is 11.6 Å². The SMILES string of the molecule is N[C@@H]1COc2ccc(F)cc21. The molecule has 0 spiro atoms. The third kappa shape index (κ3) is 0.973. The third-order valence-electron chi connectivity index (χ3n) is 1.79. The molecule has 1 aliphatic rings. The Balaban J connectivity index is 2.52. The lowest BCUT2D eigenvalue weighted by atomic mass is 10.1. The molecule has 1 atom stereocenters. The van der Waals surface area contributed by atoms with Crippen molar-refractivity contribution in [1.82, 2.24) is 0 Å². The molecular weight excluding hydrogens is 145 g/mol. The molecule has 0 saturated heterocycles. The van der Waals surface area contributed by atoms with E-state index in [4.69, 9.17) is 10.5 Å². The quantitative estimate of drug-likeness (QED) is 0.608. The van der Waals surface area contributed by atoms with Gasteiger partial charge in [0, 0.05) is 5.56 Å². The van der Waals surface area contributed by atoms with Gasteiger partial charge in [0.1, 0.15) is 18.2 Å². The first-order valence-corrected chi connectivity index (χ1v) is 3.45. The van der Waals surface area contributed by atoms with Crippen LogP contribution in [0.25, 0.3) is 0 Å². The van der Waals surface area contributed by atoms with Gasteiger partial charge in [0.25, 0.3) is 0 Å². The minimum Gasteiger partial charge on any atom is -0.491 e. The van der Waals surface area contributed by atoms with Gasteiger partial charge in [-0.05, 0) is 18.2 Å². The predicted octanol–water partition coefficient (Wildman–Crippen LogP) is 1.22. The molecule has 0 fully saturated rings. The topological polar surface area (TPSA) is 35.2 Å². The number of halogens is 1. The Labute approximate surface area is 63.8 Å². The number of rotatable bonds is 0. The Kier molecular flexibility index (Phi) is 1.32. The van der Waals surface area contributed by atoms with Crippen LogP contribution < -0.4 is 10.5 Å². The summed E-state index contributed by atoms with van der Waals surface area (Å²) in [6.45, 7) is 0.457. The highest BCUT2D eigenvalue weighted by atomic mass is 19.1. The fourth-order valence-corrected chi connectivity index (χ4v) is 1.21. The highest BCUT2D eigenvalue weighted by molar-refractivity contribution is 5.39. The molecule has 0 unspecified atom stereocenters. The molecular formula is C8H8FNO. The van der Waals surface area contributed by atoms with Gasteiger partial charge >= 0.3 is 0 Å². The van der Waals surface area contributed by atoms with Crippen LogP contribution in [-0.2, 0) is 0 Å². The summed E-state index contributed by atoms with van der Waals surface area (Å²) < 4.78 is 17.8. The minimum absolute atomic E-state index is 0.166. The maximum atomic E-state index is 12.6. The van der Waals surface area contributed by atoms with Crippen LogP contribution in [0.5, 0.6) is 5.75 Å². The van der Waals surface area contributed by atoms with Crippen LogP contribution in [0.2, 0.25) is 0 Å². The molecule has 0 aliphatic carbocycles. The summed E-state index contributed by atoms with van der Waals surface area (Å²) in [6, 6.07) is 4.24. The molecule has 1 aromatic carbocycles. The number of nitrogens with two attached hydrogens (primary N) is 1. The first kappa shape index (κ1) is 6.61. The summed E-state index contributed by atoms with van der Waals surface area (Å²) in [5, 5.41) is 0. The lowest BCUT2D eigenvalue weighted by Gasteiger charge is -1.98. The molecule has 58 valence electrons. The van der Waals surface area contributed by atoms with Crippen LogP contribution in [0.3, 0.4) is 0 Å². The van der Waals surface area contributed by atoms with Crippen molar-refractivity contribution in [3.63, 3.8) is 0 Å².